The topological polar surface area (TPSA) is 84.4 Å². The summed E-state index contributed by atoms with van der Waals surface area (Å²) in [7, 11) is 0. The van der Waals surface area contributed by atoms with E-state index in [0.29, 0.717) is 43.1 Å². The predicted octanol–water partition coefficient (Wildman–Crippen LogP) is 0.391. The summed E-state index contributed by atoms with van der Waals surface area (Å²) in [6.07, 6.45) is 0.595. The van der Waals surface area contributed by atoms with Gasteiger partial charge in [0.1, 0.15) is 5.69 Å². The maximum Gasteiger partial charge on any atom is 0.274 e. The summed E-state index contributed by atoms with van der Waals surface area (Å²) in [6.45, 7) is 6.95. The van der Waals surface area contributed by atoms with Crippen LogP contribution in [0.3, 0.4) is 0 Å². The van der Waals surface area contributed by atoms with Crippen molar-refractivity contribution in [3.63, 3.8) is 0 Å². The fourth-order valence-electron chi connectivity index (χ4n) is 2.32. The van der Waals surface area contributed by atoms with Crippen molar-refractivity contribution in [3.8, 4) is 0 Å². The van der Waals surface area contributed by atoms with Crippen LogP contribution in [0.25, 0.3) is 0 Å². The highest BCUT2D eigenvalue weighted by molar-refractivity contribution is 5.98. The maximum absolute atomic E-state index is 12.4. The van der Waals surface area contributed by atoms with Crippen molar-refractivity contribution in [3.05, 3.63) is 11.4 Å². The fourth-order valence-corrected chi connectivity index (χ4v) is 2.32. The van der Waals surface area contributed by atoms with Crippen molar-refractivity contribution >= 4 is 11.6 Å². The van der Waals surface area contributed by atoms with E-state index in [1.54, 1.807) is 23.4 Å². The monoisotopic (exact) mass is 252 g/mol. The standard InChI is InChI=1S/C12H20N4O2/c1-4-16-10(9(13)8(2)14-16)11(17)15-6-5-12(3,18)7-15/h18H,4-7,13H2,1-3H3. The number of hydrogen-bond acceptors (Lipinski definition) is 4. The molecule has 0 aromatic carbocycles. The molecule has 2 heterocycles. The lowest BCUT2D eigenvalue weighted by Gasteiger charge is -2.19. The van der Waals surface area contributed by atoms with Crippen molar-refractivity contribution in [2.75, 3.05) is 18.8 Å². The lowest BCUT2D eigenvalue weighted by Crippen LogP contribution is -2.35. The zero-order valence-electron chi connectivity index (χ0n) is 11.1. The summed E-state index contributed by atoms with van der Waals surface area (Å²) >= 11 is 0. The summed E-state index contributed by atoms with van der Waals surface area (Å²) in [6, 6.07) is 0. The highest BCUT2D eigenvalue weighted by atomic mass is 16.3. The number of hydrogen-bond donors (Lipinski definition) is 2. The molecule has 1 aliphatic rings. The van der Waals surface area contributed by atoms with Gasteiger partial charge in [0, 0.05) is 19.6 Å². The van der Waals surface area contributed by atoms with Crippen molar-refractivity contribution in [1.82, 2.24) is 14.7 Å². The number of nitrogens with two attached hydrogens (primary N) is 1. The molecule has 18 heavy (non-hydrogen) atoms. The lowest BCUT2D eigenvalue weighted by molar-refractivity contribution is 0.0566. The molecule has 1 amide bonds. The van der Waals surface area contributed by atoms with Crippen LogP contribution in [-0.2, 0) is 6.54 Å². The van der Waals surface area contributed by atoms with Crippen molar-refractivity contribution in [1.29, 1.82) is 0 Å². The number of β-amino-alcohol motifs (C(OH)–C–C–N with tert-alkyl or cyclic N) is 1. The third kappa shape index (κ3) is 2.08. The molecule has 1 aromatic rings. The first-order valence-electron chi connectivity index (χ1n) is 6.20. The van der Waals surface area contributed by atoms with E-state index in [9.17, 15) is 9.90 Å². The molecule has 0 spiro atoms. The highest BCUT2D eigenvalue weighted by Crippen LogP contribution is 2.25. The molecule has 0 saturated carbocycles. The number of amides is 1. The largest absolute Gasteiger partial charge is 0.395 e. The molecule has 1 saturated heterocycles. The number of aliphatic hydroxyl groups is 1. The van der Waals surface area contributed by atoms with E-state index >= 15 is 0 Å². The van der Waals surface area contributed by atoms with Crippen LogP contribution < -0.4 is 5.73 Å². The first kappa shape index (κ1) is 12.9. The molecule has 1 fully saturated rings. The molecule has 6 heteroatoms. The van der Waals surface area contributed by atoms with Crippen LogP contribution >= 0.6 is 0 Å². The Labute approximate surface area is 106 Å². The van der Waals surface area contributed by atoms with Crippen molar-refractivity contribution in [2.45, 2.75) is 39.3 Å². The van der Waals surface area contributed by atoms with Crippen LogP contribution in [-0.4, -0.2) is 44.4 Å². The molecular weight excluding hydrogens is 232 g/mol. The van der Waals surface area contributed by atoms with Gasteiger partial charge in [0.15, 0.2) is 0 Å². The van der Waals surface area contributed by atoms with Gasteiger partial charge in [0.25, 0.3) is 5.91 Å². The second kappa shape index (κ2) is 4.28. The number of rotatable bonds is 2. The van der Waals surface area contributed by atoms with Gasteiger partial charge in [-0.3, -0.25) is 9.48 Å². The van der Waals surface area contributed by atoms with E-state index in [-0.39, 0.29) is 5.91 Å². The number of carbonyl (C=O) groups excluding carboxylic acids is 1. The third-order valence-corrected chi connectivity index (χ3v) is 3.41. The van der Waals surface area contributed by atoms with Crippen molar-refractivity contribution < 1.29 is 9.90 Å². The normalized spacial score (nSPS) is 23.7. The summed E-state index contributed by atoms with van der Waals surface area (Å²) in [5.74, 6) is -0.146. The summed E-state index contributed by atoms with van der Waals surface area (Å²) in [5, 5.41) is 14.2. The number of nitrogens with zero attached hydrogens (tertiary/aromatic N) is 3. The Morgan fingerprint density at radius 2 is 2.28 bits per heavy atom. The molecule has 6 nitrogen and oxygen atoms in total. The van der Waals surface area contributed by atoms with Gasteiger partial charge in [-0.1, -0.05) is 0 Å². The van der Waals surface area contributed by atoms with E-state index in [2.05, 4.69) is 5.10 Å². The Bertz CT molecular complexity index is 479. The number of likely N-dealkylation sites (tertiary alicyclic amines) is 1. The Balaban J connectivity index is 2.30. The number of nitrogen functional groups attached to an aromatic ring is 1. The number of carbonyl (C=O) groups is 1. The summed E-state index contributed by atoms with van der Waals surface area (Å²) < 4.78 is 1.63. The van der Waals surface area contributed by atoms with Gasteiger partial charge in [-0.15, -0.1) is 0 Å². The van der Waals surface area contributed by atoms with Crippen LogP contribution in [0.5, 0.6) is 0 Å². The molecule has 3 N–H and O–H groups in total. The summed E-state index contributed by atoms with van der Waals surface area (Å²) in [4.78, 5) is 14.1. The third-order valence-electron chi connectivity index (χ3n) is 3.41. The zero-order chi connectivity index (χ0) is 13.5. The Morgan fingerprint density at radius 1 is 1.61 bits per heavy atom. The van der Waals surface area contributed by atoms with E-state index in [1.165, 1.54) is 0 Å². The number of anilines is 1. The SMILES string of the molecule is CCn1nc(C)c(N)c1C(=O)N1CCC(C)(O)C1. The first-order chi connectivity index (χ1) is 8.35. The second-order valence-corrected chi connectivity index (χ2v) is 5.14. The quantitative estimate of drug-likeness (QED) is 0.797. The molecule has 0 radical (unpaired) electrons. The minimum atomic E-state index is -0.795. The Kier molecular flexibility index (Phi) is 3.06. The lowest BCUT2D eigenvalue weighted by atomic mass is 10.1. The van der Waals surface area contributed by atoms with Gasteiger partial charge >= 0.3 is 0 Å². The van der Waals surface area contributed by atoms with Gasteiger partial charge in [0.2, 0.25) is 0 Å². The van der Waals surface area contributed by atoms with E-state index in [0.717, 1.165) is 0 Å². The molecule has 1 atom stereocenters. The van der Waals surface area contributed by atoms with E-state index in [4.69, 9.17) is 5.73 Å². The first-order valence-corrected chi connectivity index (χ1v) is 6.20. The minimum absolute atomic E-state index is 0.146. The van der Waals surface area contributed by atoms with Gasteiger partial charge < -0.3 is 15.7 Å². The second-order valence-electron chi connectivity index (χ2n) is 5.14. The minimum Gasteiger partial charge on any atom is -0.395 e. The average molecular weight is 252 g/mol. The van der Waals surface area contributed by atoms with Crippen LogP contribution in [0, 0.1) is 6.92 Å². The maximum atomic E-state index is 12.4. The van der Waals surface area contributed by atoms with Crippen molar-refractivity contribution in [2.24, 2.45) is 0 Å². The van der Waals surface area contributed by atoms with Crippen LogP contribution in [0.1, 0.15) is 36.5 Å². The van der Waals surface area contributed by atoms with Gasteiger partial charge in [0.05, 0.1) is 17.0 Å². The van der Waals surface area contributed by atoms with E-state index < -0.39 is 5.60 Å². The van der Waals surface area contributed by atoms with Gasteiger partial charge in [-0.2, -0.15) is 5.10 Å². The zero-order valence-corrected chi connectivity index (χ0v) is 11.1. The summed E-state index contributed by atoms with van der Waals surface area (Å²) in [5.41, 5.74) is 6.68. The Morgan fingerprint density at radius 3 is 2.78 bits per heavy atom. The average Bonchev–Trinajstić information content (AvgIpc) is 2.80. The smallest absolute Gasteiger partial charge is 0.274 e. The van der Waals surface area contributed by atoms with Gasteiger partial charge in [-0.25, -0.2) is 0 Å². The molecule has 1 aliphatic heterocycles. The number of aryl methyl sites for hydroxylation is 2. The molecule has 2 rings (SSSR count). The van der Waals surface area contributed by atoms with E-state index in [1.807, 2.05) is 6.92 Å². The molecule has 1 aromatic heterocycles. The fraction of sp³-hybridized carbons (Fsp3) is 0.667. The highest BCUT2D eigenvalue weighted by Gasteiger charge is 2.36. The number of aromatic nitrogens is 2. The van der Waals surface area contributed by atoms with Crippen LogP contribution in [0.2, 0.25) is 0 Å². The molecule has 0 aliphatic carbocycles. The Hall–Kier alpha value is -1.56. The van der Waals surface area contributed by atoms with Crippen LogP contribution in [0.4, 0.5) is 5.69 Å². The predicted molar refractivity (Wildman–Crippen MR) is 68.2 cm³/mol. The van der Waals surface area contributed by atoms with Gasteiger partial charge in [-0.05, 0) is 27.2 Å². The molecule has 0 bridgehead atoms. The van der Waals surface area contributed by atoms with Crippen LogP contribution in [0.15, 0.2) is 0 Å². The molecular formula is C12H20N4O2. The molecule has 1 unspecified atom stereocenters. The molecule has 100 valence electrons.